The Balaban J connectivity index is 2.42. The molecule has 0 aromatic rings. The molecule has 2 rings (SSSR count). The molecule has 2 aliphatic rings. The van der Waals surface area contributed by atoms with Gasteiger partial charge in [0.25, 0.3) is 0 Å². The van der Waals surface area contributed by atoms with Gasteiger partial charge < -0.3 is 0 Å². The van der Waals surface area contributed by atoms with Crippen LogP contribution in [0.15, 0.2) is 24.3 Å². The Hall–Kier alpha value is -0.610. The Morgan fingerprint density at radius 2 is 1.94 bits per heavy atom. The number of sulfonamides is 1. The molecular formula is C12H19NO2S. The molecule has 0 aromatic heterocycles. The fourth-order valence-electron chi connectivity index (χ4n) is 2.43. The summed E-state index contributed by atoms with van der Waals surface area (Å²) in [6.45, 7) is 7.35. The van der Waals surface area contributed by atoms with Crippen molar-refractivity contribution >= 4 is 10.0 Å². The van der Waals surface area contributed by atoms with Gasteiger partial charge in [0.2, 0.25) is 10.0 Å². The van der Waals surface area contributed by atoms with Crippen LogP contribution in [0.3, 0.4) is 0 Å². The highest BCUT2D eigenvalue weighted by Gasteiger charge is 2.50. The Morgan fingerprint density at radius 3 is 2.44 bits per heavy atom. The zero-order valence-corrected chi connectivity index (χ0v) is 10.9. The van der Waals surface area contributed by atoms with E-state index in [9.17, 15) is 8.42 Å². The maximum absolute atomic E-state index is 12.4. The predicted octanol–water partition coefficient (Wildman–Crippen LogP) is 1.79. The molecule has 0 radical (unpaired) electrons. The summed E-state index contributed by atoms with van der Waals surface area (Å²) < 4.78 is 25.6. The monoisotopic (exact) mass is 241 g/mol. The zero-order valence-electron chi connectivity index (χ0n) is 10.1. The van der Waals surface area contributed by atoms with Gasteiger partial charge in [-0.3, -0.25) is 0 Å². The smallest absolute Gasteiger partial charge is 0.211 e. The van der Waals surface area contributed by atoms with Gasteiger partial charge in [0.05, 0.1) is 0 Å². The number of rotatable bonds is 3. The summed E-state index contributed by atoms with van der Waals surface area (Å²) in [7, 11) is -3.19. The van der Waals surface area contributed by atoms with Gasteiger partial charge in [0.1, 0.15) is 4.75 Å². The SMILES string of the molecule is CC(C)C1C=CC=C[C@@]1(C)S(=O)(=O)N1CC1. The highest BCUT2D eigenvalue weighted by Crippen LogP contribution is 2.40. The first-order valence-electron chi connectivity index (χ1n) is 5.75. The van der Waals surface area contributed by atoms with E-state index in [0.717, 1.165) is 0 Å². The average Bonchev–Trinajstić information content (AvgIpc) is 3.00. The second-order valence-electron chi connectivity index (χ2n) is 5.10. The topological polar surface area (TPSA) is 37.1 Å². The Kier molecular flexibility index (Phi) is 2.75. The molecule has 4 heteroatoms. The number of nitrogens with zero attached hydrogens (tertiary/aromatic N) is 1. The van der Waals surface area contributed by atoms with Gasteiger partial charge in [-0.25, -0.2) is 8.42 Å². The molecule has 1 unspecified atom stereocenters. The van der Waals surface area contributed by atoms with E-state index in [1.165, 1.54) is 0 Å². The van der Waals surface area contributed by atoms with Gasteiger partial charge in [-0.05, 0) is 12.8 Å². The second kappa shape index (κ2) is 3.70. The summed E-state index contributed by atoms with van der Waals surface area (Å²) in [6.07, 6.45) is 7.65. The van der Waals surface area contributed by atoms with Crippen molar-refractivity contribution in [2.45, 2.75) is 25.5 Å². The Labute approximate surface area is 97.9 Å². The average molecular weight is 241 g/mol. The van der Waals surface area contributed by atoms with E-state index >= 15 is 0 Å². The molecule has 0 N–H and O–H groups in total. The molecular weight excluding hydrogens is 222 g/mol. The number of hydrogen-bond acceptors (Lipinski definition) is 2. The lowest BCUT2D eigenvalue weighted by molar-refractivity contribution is 0.380. The standard InChI is InChI=1S/C12H19NO2S/c1-10(2)11-6-4-5-7-12(11,3)16(14,15)13-8-9-13/h4-7,10-11H,8-9H2,1-3H3/t11?,12-/m1/s1. The van der Waals surface area contributed by atoms with Crippen LogP contribution in [-0.4, -0.2) is 30.6 Å². The van der Waals surface area contributed by atoms with Crippen molar-refractivity contribution in [3.63, 3.8) is 0 Å². The third-order valence-electron chi connectivity index (χ3n) is 3.54. The third-order valence-corrected chi connectivity index (χ3v) is 6.10. The van der Waals surface area contributed by atoms with E-state index in [1.807, 2.05) is 31.2 Å². The van der Waals surface area contributed by atoms with Gasteiger partial charge in [0, 0.05) is 19.0 Å². The lowest BCUT2D eigenvalue weighted by atomic mass is 9.81. The van der Waals surface area contributed by atoms with Crippen molar-refractivity contribution in [3.8, 4) is 0 Å². The molecule has 16 heavy (non-hydrogen) atoms. The summed E-state index contributed by atoms with van der Waals surface area (Å²) in [5.74, 6) is 0.379. The van der Waals surface area contributed by atoms with Crippen molar-refractivity contribution in [2.24, 2.45) is 11.8 Å². The number of hydrogen-bond donors (Lipinski definition) is 0. The minimum atomic E-state index is -3.19. The van der Waals surface area contributed by atoms with Crippen LogP contribution >= 0.6 is 0 Å². The summed E-state index contributed by atoms with van der Waals surface area (Å²) >= 11 is 0. The first-order chi connectivity index (χ1) is 7.39. The molecule has 0 bridgehead atoms. The molecule has 1 aliphatic heterocycles. The summed E-state index contributed by atoms with van der Waals surface area (Å²) in [4.78, 5) is 0. The Morgan fingerprint density at radius 1 is 1.31 bits per heavy atom. The lowest BCUT2D eigenvalue weighted by Gasteiger charge is -2.37. The summed E-state index contributed by atoms with van der Waals surface area (Å²) in [6, 6.07) is 0. The van der Waals surface area contributed by atoms with Gasteiger partial charge >= 0.3 is 0 Å². The number of allylic oxidation sites excluding steroid dienone is 3. The normalized spacial score (nSPS) is 34.6. The molecule has 90 valence electrons. The fraction of sp³-hybridized carbons (Fsp3) is 0.667. The first kappa shape index (κ1) is 11.9. The quantitative estimate of drug-likeness (QED) is 0.706. The molecule has 1 saturated heterocycles. The molecule has 1 heterocycles. The lowest BCUT2D eigenvalue weighted by Crippen LogP contribution is -2.46. The Bertz CT molecular complexity index is 432. The highest BCUT2D eigenvalue weighted by molar-refractivity contribution is 7.90. The second-order valence-corrected chi connectivity index (χ2v) is 7.45. The van der Waals surface area contributed by atoms with Crippen molar-refractivity contribution < 1.29 is 8.42 Å². The highest BCUT2D eigenvalue weighted by atomic mass is 32.2. The van der Waals surface area contributed by atoms with Crippen LogP contribution in [0.2, 0.25) is 0 Å². The van der Waals surface area contributed by atoms with Gasteiger partial charge in [-0.1, -0.05) is 38.2 Å². The van der Waals surface area contributed by atoms with E-state index < -0.39 is 14.8 Å². The minimum absolute atomic E-state index is 0.0584. The van der Waals surface area contributed by atoms with Crippen molar-refractivity contribution in [1.82, 2.24) is 4.31 Å². The molecule has 3 nitrogen and oxygen atoms in total. The zero-order chi connectivity index (χ0) is 12.0. The van der Waals surface area contributed by atoms with Crippen molar-refractivity contribution in [2.75, 3.05) is 13.1 Å². The molecule has 0 spiro atoms. The fourth-order valence-corrected chi connectivity index (χ4v) is 4.50. The van der Waals surface area contributed by atoms with E-state index in [1.54, 1.807) is 4.31 Å². The van der Waals surface area contributed by atoms with Crippen LogP contribution in [-0.2, 0) is 10.0 Å². The van der Waals surface area contributed by atoms with Crippen LogP contribution in [0.5, 0.6) is 0 Å². The molecule has 0 saturated carbocycles. The van der Waals surface area contributed by atoms with Gasteiger partial charge in [-0.15, -0.1) is 0 Å². The van der Waals surface area contributed by atoms with Crippen molar-refractivity contribution in [1.29, 1.82) is 0 Å². The largest absolute Gasteiger partial charge is 0.223 e. The third kappa shape index (κ3) is 1.64. The van der Waals surface area contributed by atoms with Crippen LogP contribution in [0.25, 0.3) is 0 Å². The van der Waals surface area contributed by atoms with E-state index in [4.69, 9.17) is 0 Å². The van der Waals surface area contributed by atoms with E-state index in [2.05, 4.69) is 13.8 Å². The van der Waals surface area contributed by atoms with Crippen LogP contribution in [0, 0.1) is 11.8 Å². The predicted molar refractivity (Wildman–Crippen MR) is 65.5 cm³/mol. The summed E-state index contributed by atoms with van der Waals surface area (Å²) in [5.41, 5.74) is 0. The van der Waals surface area contributed by atoms with E-state index in [-0.39, 0.29) is 5.92 Å². The van der Waals surface area contributed by atoms with Gasteiger partial charge in [-0.2, -0.15) is 4.31 Å². The molecule has 0 aromatic carbocycles. The maximum Gasteiger partial charge on any atom is 0.223 e. The van der Waals surface area contributed by atoms with Gasteiger partial charge in [0.15, 0.2) is 0 Å². The summed E-state index contributed by atoms with van der Waals surface area (Å²) in [5, 5.41) is 0. The molecule has 1 fully saturated rings. The van der Waals surface area contributed by atoms with Crippen LogP contribution in [0.4, 0.5) is 0 Å². The van der Waals surface area contributed by atoms with Crippen molar-refractivity contribution in [3.05, 3.63) is 24.3 Å². The first-order valence-corrected chi connectivity index (χ1v) is 7.19. The maximum atomic E-state index is 12.4. The molecule has 1 aliphatic carbocycles. The molecule has 0 amide bonds. The van der Waals surface area contributed by atoms with E-state index in [0.29, 0.717) is 19.0 Å². The molecule has 2 atom stereocenters. The van der Waals surface area contributed by atoms with Crippen LogP contribution < -0.4 is 0 Å². The van der Waals surface area contributed by atoms with Crippen LogP contribution in [0.1, 0.15) is 20.8 Å². The minimum Gasteiger partial charge on any atom is -0.211 e.